The van der Waals surface area contributed by atoms with Crippen LogP contribution in [0.3, 0.4) is 0 Å². The van der Waals surface area contributed by atoms with Crippen LogP contribution in [-0.4, -0.2) is 36.2 Å². The number of ether oxygens (including phenoxy) is 3. The number of rotatable bonds is 6. The SMILES string of the molecule is COc1ccccc1NC(=O)N(Cc1ccco1)Cc1cc2cc3c(cc2[nH]c1=O)OCCO3. The summed E-state index contributed by atoms with van der Waals surface area (Å²) < 4.78 is 22.0. The third-order valence-electron chi connectivity index (χ3n) is 5.51. The van der Waals surface area contributed by atoms with Gasteiger partial charge in [0.25, 0.3) is 5.56 Å². The molecule has 9 heteroatoms. The number of carbonyl (C=O) groups is 1. The second-order valence-electron chi connectivity index (χ2n) is 7.77. The van der Waals surface area contributed by atoms with Crippen LogP contribution in [0.4, 0.5) is 10.5 Å². The smallest absolute Gasteiger partial charge is 0.322 e. The molecule has 2 amide bonds. The predicted octanol–water partition coefficient (Wildman–Crippen LogP) is 4.14. The van der Waals surface area contributed by atoms with E-state index in [1.54, 1.807) is 48.7 Å². The molecule has 1 aliphatic heterocycles. The van der Waals surface area contributed by atoms with Crippen molar-refractivity contribution in [2.75, 3.05) is 25.6 Å². The van der Waals surface area contributed by atoms with Crippen LogP contribution in [-0.2, 0) is 13.1 Å². The summed E-state index contributed by atoms with van der Waals surface area (Å²) in [6.07, 6.45) is 1.54. The molecule has 2 aromatic heterocycles. The maximum atomic E-state index is 13.2. The van der Waals surface area contributed by atoms with Crippen LogP contribution in [0.5, 0.6) is 17.2 Å². The van der Waals surface area contributed by atoms with Crippen molar-refractivity contribution in [3.63, 3.8) is 0 Å². The van der Waals surface area contributed by atoms with Gasteiger partial charge >= 0.3 is 6.03 Å². The summed E-state index contributed by atoms with van der Waals surface area (Å²) in [7, 11) is 1.54. The Morgan fingerprint density at radius 3 is 2.62 bits per heavy atom. The van der Waals surface area contributed by atoms with Crippen molar-refractivity contribution < 1.29 is 23.4 Å². The molecule has 0 saturated carbocycles. The van der Waals surface area contributed by atoms with Crippen LogP contribution in [0.25, 0.3) is 10.9 Å². The van der Waals surface area contributed by atoms with Crippen molar-refractivity contribution >= 4 is 22.6 Å². The van der Waals surface area contributed by atoms with Crippen LogP contribution < -0.4 is 25.1 Å². The van der Waals surface area contributed by atoms with Crippen molar-refractivity contribution in [2.45, 2.75) is 13.1 Å². The number of methoxy groups -OCH3 is 1. The number of urea groups is 1. The zero-order chi connectivity index (χ0) is 23.5. The van der Waals surface area contributed by atoms with Gasteiger partial charge in [0.2, 0.25) is 0 Å². The lowest BCUT2D eigenvalue weighted by atomic mass is 10.1. The van der Waals surface area contributed by atoms with Crippen molar-refractivity contribution in [3.8, 4) is 17.2 Å². The van der Waals surface area contributed by atoms with Crippen LogP contribution >= 0.6 is 0 Å². The minimum atomic E-state index is -0.400. The van der Waals surface area contributed by atoms with E-state index in [-0.39, 0.29) is 18.6 Å². The van der Waals surface area contributed by atoms with Crippen LogP contribution in [0.15, 0.2) is 70.1 Å². The number of carbonyl (C=O) groups excluding carboxylic acids is 1. The first kappa shape index (κ1) is 21.4. The molecule has 0 unspecified atom stereocenters. The summed E-state index contributed by atoms with van der Waals surface area (Å²) in [5, 5.41) is 3.64. The predicted molar refractivity (Wildman–Crippen MR) is 126 cm³/mol. The number of benzene rings is 2. The fourth-order valence-corrected chi connectivity index (χ4v) is 3.84. The Morgan fingerprint density at radius 1 is 1.06 bits per heavy atom. The molecule has 34 heavy (non-hydrogen) atoms. The monoisotopic (exact) mass is 461 g/mol. The number of pyridine rings is 1. The van der Waals surface area contributed by atoms with Crippen LogP contribution in [0.2, 0.25) is 0 Å². The Bertz CT molecular complexity index is 1380. The van der Waals surface area contributed by atoms with E-state index in [2.05, 4.69) is 10.3 Å². The van der Waals surface area contributed by atoms with E-state index in [4.69, 9.17) is 18.6 Å². The van der Waals surface area contributed by atoms with Gasteiger partial charge in [-0.05, 0) is 36.4 Å². The van der Waals surface area contributed by atoms with Gasteiger partial charge in [-0.1, -0.05) is 12.1 Å². The van der Waals surface area contributed by atoms with Gasteiger partial charge in [-0.15, -0.1) is 0 Å². The van der Waals surface area contributed by atoms with E-state index < -0.39 is 6.03 Å². The normalized spacial score (nSPS) is 12.4. The van der Waals surface area contributed by atoms with E-state index in [0.717, 1.165) is 5.39 Å². The first-order chi connectivity index (χ1) is 16.6. The topological polar surface area (TPSA) is 106 Å². The molecule has 4 aromatic rings. The van der Waals surface area contributed by atoms with Gasteiger partial charge in [0.1, 0.15) is 24.7 Å². The molecular formula is C25H23N3O6. The second-order valence-corrected chi connectivity index (χ2v) is 7.77. The first-order valence-corrected chi connectivity index (χ1v) is 10.8. The molecule has 0 saturated heterocycles. The average Bonchev–Trinajstić information content (AvgIpc) is 3.36. The number of hydrogen-bond donors (Lipinski definition) is 2. The minimum absolute atomic E-state index is 0.0569. The summed E-state index contributed by atoms with van der Waals surface area (Å²) in [4.78, 5) is 30.5. The van der Waals surface area contributed by atoms with E-state index in [1.165, 1.54) is 12.0 Å². The third kappa shape index (κ3) is 4.40. The number of furan rings is 1. The summed E-state index contributed by atoms with van der Waals surface area (Å²) >= 11 is 0. The Kier molecular flexibility index (Phi) is 5.82. The number of anilines is 1. The summed E-state index contributed by atoms with van der Waals surface area (Å²) in [5.41, 5.74) is 1.29. The lowest BCUT2D eigenvalue weighted by Crippen LogP contribution is -2.35. The Morgan fingerprint density at radius 2 is 1.85 bits per heavy atom. The first-order valence-electron chi connectivity index (χ1n) is 10.8. The average molecular weight is 461 g/mol. The molecule has 0 atom stereocenters. The van der Waals surface area contributed by atoms with Gasteiger partial charge in [0.05, 0.1) is 37.7 Å². The number of aromatic nitrogens is 1. The van der Waals surface area contributed by atoms with Gasteiger partial charge in [-0.3, -0.25) is 4.79 Å². The Hall–Kier alpha value is -4.40. The van der Waals surface area contributed by atoms with Crippen LogP contribution in [0, 0.1) is 0 Å². The number of hydrogen-bond acceptors (Lipinski definition) is 6. The highest BCUT2D eigenvalue weighted by atomic mass is 16.6. The molecule has 174 valence electrons. The quantitative estimate of drug-likeness (QED) is 0.447. The lowest BCUT2D eigenvalue weighted by Gasteiger charge is -2.23. The van der Waals surface area contributed by atoms with Crippen molar-refractivity contribution in [1.82, 2.24) is 9.88 Å². The number of H-pyrrole nitrogens is 1. The van der Waals surface area contributed by atoms with E-state index in [0.29, 0.717) is 53.0 Å². The summed E-state index contributed by atoms with van der Waals surface area (Å²) in [6, 6.07) is 15.6. The maximum Gasteiger partial charge on any atom is 0.322 e. The molecule has 9 nitrogen and oxygen atoms in total. The molecule has 2 N–H and O–H groups in total. The largest absolute Gasteiger partial charge is 0.495 e. The summed E-state index contributed by atoms with van der Waals surface area (Å²) in [5.74, 6) is 2.34. The molecular weight excluding hydrogens is 438 g/mol. The molecule has 5 rings (SSSR count). The number of nitrogens with zero attached hydrogens (tertiary/aromatic N) is 1. The molecule has 0 fully saturated rings. The molecule has 1 aliphatic rings. The van der Waals surface area contributed by atoms with Gasteiger partial charge in [-0.2, -0.15) is 0 Å². The zero-order valence-electron chi connectivity index (χ0n) is 18.5. The van der Waals surface area contributed by atoms with Gasteiger partial charge < -0.3 is 33.8 Å². The van der Waals surface area contributed by atoms with E-state index in [9.17, 15) is 9.59 Å². The molecule has 2 aromatic carbocycles. The van der Waals surface area contributed by atoms with Gasteiger partial charge in [0, 0.05) is 17.0 Å². The highest BCUT2D eigenvalue weighted by Crippen LogP contribution is 2.33. The van der Waals surface area contributed by atoms with Crippen LogP contribution in [0.1, 0.15) is 11.3 Å². The third-order valence-corrected chi connectivity index (χ3v) is 5.51. The molecule has 0 aliphatic carbocycles. The fraction of sp³-hybridized carbons (Fsp3) is 0.200. The second kappa shape index (κ2) is 9.22. The van der Waals surface area contributed by atoms with Gasteiger partial charge in [0.15, 0.2) is 11.5 Å². The standard InChI is InChI=1S/C25H23N3O6/c1-31-21-7-3-2-6-19(21)27-25(30)28(15-18-5-4-8-32-18)14-17-11-16-12-22-23(34-10-9-33-22)13-20(16)26-24(17)29/h2-8,11-13H,9-10,14-15H2,1H3,(H,26,29)(H,27,30). The van der Waals surface area contributed by atoms with Crippen molar-refractivity contribution in [2.24, 2.45) is 0 Å². The molecule has 0 radical (unpaired) electrons. The lowest BCUT2D eigenvalue weighted by molar-refractivity contribution is 0.172. The zero-order valence-corrected chi connectivity index (χ0v) is 18.5. The number of amides is 2. The molecule has 3 heterocycles. The highest BCUT2D eigenvalue weighted by molar-refractivity contribution is 5.91. The van der Waals surface area contributed by atoms with Crippen molar-refractivity contribution in [1.29, 1.82) is 0 Å². The highest BCUT2D eigenvalue weighted by Gasteiger charge is 2.20. The van der Waals surface area contributed by atoms with Gasteiger partial charge in [-0.25, -0.2) is 4.79 Å². The fourth-order valence-electron chi connectivity index (χ4n) is 3.84. The number of aromatic amines is 1. The molecule has 0 bridgehead atoms. The Balaban J connectivity index is 1.46. The number of para-hydroxylation sites is 2. The minimum Gasteiger partial charge on any atom is -0.495 e. The molecule has 0 spiro atoms. The number of fused-ring (bicyclic) bond motifs is 2. The maximum absolute atomic E-state index is 13.2. The number of nitrogens with one attached hydrogen (secondary N) is 2. The Labute approximate surface area is 194 Å². The summed E-state index contributed by atoms with van der Waals surface area (Å²) in [6.45, 7) is 1.16. The van der Waals surface area contributed by atoms with Crippen molar-refractivity contribution in [3.05, 3.63) is 82.5 Å². The van der Waals surface area contributed by atoms with E-state index >= 15 is 0 Å². The van der Waals surface area contributed by atoms with E-state index in [1.807, 2.05) is 12.1 Å².